The second-order valence-corrected chi connectivity index (χ2v) is 4.71. The van der Waals surface area contributed by atoms with Crippen molar-refractivity contribution < 1.29 is 4.79 Å². The molecule has 3 aromatic rings. The first-order valence-electron chi connectivity index (χ1n) is 6.16. The van der Waals surface area contributed by atoms with Crippen LogP contribution in [-0.4, -0.2) is 30.9 Å². The van der Waals surface area contributed by atoms with Crippen molar-refractivity contribution in [2.24, 2.45) is 0 Å². The highest BCUT2D eigenvalue weighted by atomic mass is 35.5. The summed E-state index contributed by atoms with van der Waals surface area (Å²) in [5, 5.41) is 13.2. The van der Waals surface area contributed by atoms with Gasteiger partial charge in [0.1, 0.15) is 12.0 Å². The number of amides is 1. The van der Waals surface area contributed by atoms with Gasteiger partial charge < -0.3 is 0 Å². The molecule has 0 saturated heterocycles. The van der Waals surface area contributed by atoms with Crippen molar-refractivity contribution in [2.75, 3.05) is 5.32 Å². The molecule has 0 aliphatic rings. The number of rotatable bonds is 4. The van der Waals surface area contributed by atoms with E-state index in [-0.39, 0.29) is 16.7 Å². The van der Waals surface area contributed by atoms with Crippen LogP contribution in [0.1, 0.15) is 16.1 Å². The summed E-state index contributed by atoms with van der Waals surface area (Å²) in [5.41, 5.74) is 1.27. The molecule has 0 unspecified atom stereocenters. The van der Waals surface area contributed by atoms with E-state index >= 15 is 0 Å². The van der Waals surface area contributed by atoms with E-state index in [0.717, 1.165) is 5.56 Å². The van der Waals surface area contributed by atoms with Gasteiger partial charge in [-0.1, -0.05) is 41.9 Å². The highest BCUT2D eigenvalue weighted by molar-refractivity contribution is 6.33. The number of hydrogen-bond donors (Lipinski definition) is 2. The van der Waals surface area contributed by atoms with Crippen LogP contribution in [-0.2, 0) is 6.54 Å². The summed E-state index contributed by atoms with van der Waals surface area (Å²) < 4.78 is 1.64. The molecular weight excluding hydrogens is 292 g/mol. The molecule has 0 radical (unpaired) electrons. The number of aromatic nitrogens is 5. The Labute approximate surface area is 125 Å². The van der Waals surface area contributed by atoms with Crippen molar-refractivity contribution in [3.8, 4) is 0 Å². The molecule has 2 aromatic heterocycles. The molecule has 8 heteroatoms. The highest BCUT2D eigenvalue weighted by Crippen LogP contribution is 2.12. The molecule has 2 N–H and O–H groups in total. The number of hydrogen-bond acceptors (Lipinski definition) is 4. The minimum absolute atomic E-state index is 0.177. The number of halogens is 1. The second kappa shape index (κ2) is 5.76. The summed E-state index contributed by atoms with van der Waals surface area (Å²) in [4.78, 5) is 15.9. The van der Waals surface area contributed by atoms with Gasteiger partial charge in [0.15, 0.2) is 0 Å². The monoisotopic (exact) mass is 302 g/mol. The quantitative estimate of drug-likeness (QED) is 0.771. The highest BCUT2D eigenvalue weighted by Gasteiger charge is 2.14. The maximum atomic E-state index is 11.9. The fourth-order valence-corrected chi connectivity index (χ4v) is 1.97. The van der Waals surface area contributed by atoms with E-state index in [1.54, 1.807) is 11.0 Å². The largest absolute Gasteiger partial charge is 0.288 e. The first-order chi connectivity index (χ1) is 10.2. The summed E-state index contributed by atoms with van der Waals surface area (Å²) in [6.07, 6.45) is 2.91. The Balaban J connectivity index is 1.68. The molecule has 21 heavy (non-hydrogen) atoms. The zero-order chi connectivity index (χ0) is 14.7. The van der Waals surface area contributed by atoms with Crippen molar-refractivity contribution in [3.63, 3.8) is 0 Å². The Morgan fingerprint density at radius 1 is 1.33 bits per heavy atom. The second-order valence-electron chi connectivity index (χ2n) is 4.30. The Hall–Kier alpha value is -2.67. The van der Waals surface area contributed by atoms with Gasteiger partial charge in [0, 0.05) is 0 Å². The number of carbonyl (C=O) groups excluding carboxylic acids is 1. The van der Waals surface area contributed by atoms with Crippen LogP contribution in [0.25, 0.3) is 0 Å². The third kappa shape index (κ3) is 3.09. The van der Waals surface area contributed by atoms with Crippen LogP contribution in [0.4, 0.5) is 5.95 Å². The van der Waals surface area contributed by atoms with Crippen molar-refractivity contribution in [1.29, 1.82) is 0 Å². The average Bonchev–Trinajstić information content (AvgIpc) is 3.09. The average molecular weight is 303 g/mol. The molecule has 2 heterocycles. The third-order valence-corrected chi connectivity index (χ3v) is 3.06. The standard InChI is InChI=1S/C13H11ClN6O/c14-10-6-16-18-11(10)12(21)17-13-15-8-20(19-13)7-9-4-2-1-3-5-9/h1-6,8H,7H2,(H,16,18)(H,17,19,21). The summed E-state index contributed by atoms with van der Waals surface area (Å²) in [6.45, 7) is 0.578. The van der Waals surface area contributed by atoms with Gasteiger partial charge in [-0.2, -0.15) is 5.10 Å². The lowest BCUT2D eigenvalue weighted by molar-refractivity contribution is 0.102. The summed E-state index contributed by atoms with van der Waals surface area (Å²) in [5.74, 6) is -0.225. The zero-order valence-corrected chi connectivity index (χ0v) is 11.6. The molecule has 0 spiro atoms. The predicted octanol–water partition coefficient (Wildman–Crippen LogP) is 1.96. The first-order valence-corrected chi connectivity index (χ1v) is 6.54. The van der Waals surface area contributed by atoms with Gasteiger partial charge in [0.05, 0.1) is 17.8 Å². The fraction of sp³-hybridized carbons (Fsp3) is 0.0769. The van der Waals surface area contributed by atoms with Crippen LogP contribution in [0, 0.1) is 0 Å². The Kier molecular flexibility index (Phi) is 3.65. The first kappa shape index (κ1) is 13.3. The van der Waals surface area contributed by atoms with E-state index in [2.05, 4.69) is 25.6 Å². The lowest BCUT2D eigenvalue weighted by atomic mass is 10.2. The number of nitrogens with one attached hydrogen (secondary N) is 2. The number of anilines is 1. The molecule has 1 aromatic carbocycles. The van der Waals surface area contributed by atoms with E-state index in [4.69, 9.17) is 11.6 Å². The number of carbonyl (C=O) groups is 1. The Morgan fingerprint density at radius 3 is 2.86 bits per heavy atom. The van der Waals surface area contributed by atoms with Crippen molar-refractivity contribution in [2.45, 2.75) is 6.54 Å². The summed E-state index contributed by atoms with van der Waals surface area (Å²) in [6, 6.07) is 9.84. The minimum Gasteiger partial charge on any atom is -0.288 e. The van der Waals surface area contributed by atoms with Crippen LogP contribution in [0.2, 0.25) is 5.02 Å². The lowest BCUT2D eigenvalue weighted by Gasteiger charge is -2.00. The van der Waals surface area contributed by atoms with Crippen LogP contribution in [0.3, 0.4) is 0 Å². The molecule has 0 saturated carbocycles. The van der Waals surface area contributed by atoms with Crippen LogP contribution >= 0.6 is 11.6 Å². The van der Waals surface area contributed by atoms with Gasteiger partial charge in [-0.15, -0.1) is 5.10 Å². The molecule has 0 fully saturated rings. The molecule has 1 amide bonds. The van der Waals surface area contributed by atoms with Gasteiger partial charge in [0.25, 0.3) is 5.91 Å². The van der Waals surface area contributed by atoms with Gasteiger partial charge in [-0.25, -0.2) is 9.67 Å². The fourth-order valence-electron chi connectivity index (χ4n) is 1.79. The Bertz CT molecular complexity index is 751. The van der Waals surface area contributed by atoms with Gasteiger partial charge in [0.2, 0.25) is 5.95 Å². The van der Waals surface area contributed by atoms with E-state index in [9.17, 15) is 4.79 Å². The van der Waals surface area contributed by atoms with E-state index in [1.807, 2.05) is 30.3 Å². The third-order valence-electron chi connectivity index (χ3n) is 2.77. The van der Waals surface area contributed by atoms with E-state index in [0.29, 0.717) is 6.54 Å². The molecule has 0 aliphatic heterocycles. The van der Waals surface area contributed by atoms with Crippen LogP contribution < -0.4 is 5.32 Å². The SMILES string of the molecule is O=C(Nc1ncn(Cc2ccccc2)n1)c1[nH]ncc1Cl. The smallest absolute Gasteiger partial charge is 0.277 e. The van der Waals surface area contributed by atoms with Gasteiger partial charge in [-0.05, 0) is 5.56 Å². The lowest BCUT2D eigenvalue weighted by Crippen LogP contribution is -2.14. The molecule has 0 aliphatic carbocycles. The molecule has 0 atom stereocenters. The van der Waals surface area contributed by atoms with E-state index in [1.165, 1.54) is 6.20 Å². The molecular formula is C13H11ClN6O. The molecule has 7 nitrogen and oxygen atoms in total. The molecule has 106 valence electrons. The maximum absolute atomic E-state index is 11.9. The number of nitrogens with zero attached hydrogens (tertiary/aromatic N) is 4. The maximum Gasteiger partial charge on any atom is 0.277 e. The summed E-state index contributed by atoms with van der Waals surface area (Å²) in [7, 11) is 0. The van der Waals surface area contributed by atoms with Crippen molar-refractivity contribution in [3.05, 3.63) is 59.1 Å². The normalized spacial score (nSPS) is 10.5. The minimum atomic E-state index is -0.435. The van der Waals surface area contributed by atoms with Crippen LogP contribution in [0.15, 0.2) is 42.9 Å². The number of benzene rings is 1. The molecule has 3 rings (SSSR count). The zero-order valence-electron chi connectivity index (χ0n) is 10.8. The van der Waals surface area contributed by atoms with Crippen molar-refractivity contribution >= 4 is 23.5 Å². The molecule has 0 bridgehead atoms. The summed E-state index contributed by atoms with van der Waals surface area (Å²) >= 11 is 5.81. The van der Waals surface area contributed by atoms with Gasteiger partial charge in [-0.3, -0.25) is 15.2 Å². The Morgan fingerprint density at radius 2 is 2.14 bits per heavy atom. The van der Waals surface area contributed by atoms with Crippen molar-refractivity contribution in [1.82, 2.24) is 25.0 Å². The number of aromatic amines is 1. The van der Waals surface area contributed by atoms with Gasteiger partial charge >= 0.3 is 0 Å². The number of H-pyrrole nitrogens is 1. The predicted molar refractivity (Wildman–Crippen MR) is 77.1 cm³/mol. The van der Waals surface area contributed by atoms with E-state index < -0.39 is 5.91 Å². The van der Waals surface area contributed by atoms with Crippen LogP contribution in [0.5, 0.6) is 0 Å². The topological polar surface area (TPSA) is 88.5 Å².